The number of halogens is 3. The smallest absolute Gasteiger partial charge is 0.377 e. The largest absolute Gasteiger partial charge is 0.392 e. The number of rotatable bonds is 4. The van der Waals surface area contributed by atoms with E-state index in [2.05, 4.69) is 5.32 Å². The van der Waals surface area contributed by atoms with Crippen LogP contribution in [0.4, 0.5) is 13.2 Å². The minimum Gasteiger partial charge on any atom is -0.377 e. The van der Waals surface area contributed by atoms with Gasteiger partial charge in [0.05, 0.1) is 12.0 Å². The van der Waals surface area contributed by atoms with E-state index in [1.165, 1.54) is 0 Å². The van der Waals surface area contributed by atoms with Crippen LogP contribution >= 0.6 is 0 Å². The summed E-state index contributed by atoms with van der Waals surface area (Å²) in [6.45, 7) is 1.96. The zero-order valence-corrected chi connectivity index (χ0v) is 10.6. The van der Waals surface area contributed by atoms with Gasteiger partial charge < -0.3 is 10.1 Å². The predicted molar refractivity (Wildman–Crippen MR) is 63.3 cm³/mol. The average Bonchev–Trinajstić information content (AvgIpc) is 2.81. The van der Waals surface area contributed by atoms with Gasteiger partial charge in [0, 0.05) is 13.2 Å². The zero-order valence-electron chi connectivity index (χ0n) is 10.6. The lowest BCUT2D eigenvalue weighted by Crippen LogP contribution is -2.40. The topological polar surface area (TPSA) is 21.3 Å². The quantitative estimate of drug-likeness (QED) is 0.843. The van der Waals surface area contributed by atoms with Gasteiger partial charge in [-0.05, 0) is 38.1 Å². The molecule has 3 atom stereocenters. The van der Waals surface area contributed by atoms with Crippen molar-refractivity contribution in [2.24, 2.45) is 11.8 Å². The predicted octanol–water partition coefficient (Wildman–Crippen LogP) is 3.12. The summed E-state index contributed by atoms with van der Waals surface area (Å²) in [4.78, 5) is 0. The summed E-state index contributed by atoms with van der Waals surface area (Å²) in [6.07, 6.45) is 0.916. The first-order valence-corrected chi connectivity index (χ1v) is 6.96. The number of hydrogen-bond acceptors (Lipinski definition) is 2. The molecular formula is C13H22F3NO. The van der Waals surface area contributed by atoms with E-state index in [-0.39, 0.29) is 12.0 Å². The third kappa shape index (κ3) is 3.85. The van der Waals surface area contributed by atoms with Crippen LogP contribution in [0.2, 0.25) is 0 Å². The molecule has 0 aromatic heterocycles. The molecule has 1 heterocycles. The molecule has 0 aromatic carbocycles. The summed E-state index contributed by atoms with van der Waals surface area (Å²) >= 11 is 0. The molecule has 0 amide bonds. The second-order valence-electron chi connectivity index (χ2n) is 5.49. The van der Waals surface area contributed by atoms with Crippen molar-refractivity contribution in [2.75, 3.05) is 19.7 Å². The summed E-state index contributed by atoms with van der Waals surface area (Å²) in [5.41, 5.74) is 0. The lowest BCUT2D eigenvalue weighted by Gasteiger charge is -2.33. The normalized spacial score (nSPS) is 33.8. The first kappa shape index (κ1) is 14.1. The van der Waals surface area contributed by atoms with Gasteiger partial charge in [-0.2, -0.15) is 13.2 Å². The molecule has 1 aliphatic carbocycles. The van der Waals surface area contributed by atoms with E-state index < -0.39 is 12.1 Å². The minimum absolute atomic E-state index is 0.206. The standard InChI is InChI=1S/C13H22F3NO/c14-13(15,16)12-6-2-1-4-10(12)8-17-9-11-5-3-7-18-11/h10-12,17H,1-9H2. The highest BCUT2D eigenvalue weighted by atomic mass is 19.4. The molecule has 0 aromatic rings. The van der Waals surface area contributed by atoms with Crippen LogP contribution < -0.4 is 5.32 Å². The molecule has 0 spiro atoms. The summed E-state index contributed by atoms with van der Waals surface area (Å²) < 4.78 is 44.1. The summed E-state index contributed by atoms with van der Waals surface area (Å²) in [7, 11) is 0. The van der Waals surface area contributed by atoms with Gasteiger partial charge in [0.2, 0.25) is 0 Å². The Kier molecular flexibility index (Phi) is 4.90. The summed E-state index contributed by atoms with van der Waals surface area (Å²) in [5, 5.41) is 3.17. The SMILES string of the molecule is FC(F)(F)C1CCCCC1CNCC1CCCO1. The molecule has 3 unspecified atom stereocenters. The monoisotopic (exact) mass is 265 g/mol. The molecule has 5 heteroatoms. The van der Waals surface area contributed by atoms with Crippen molar-refractivity contribution in [1.29, 1.82) is 0 Å². The van der Waals surface area contributed by atoms with Gasteiger partial charge in [-0.25, -0.2) is 0 Å². The fourth-order valence-corrected chi connectivity index (χ4v) is 3.12. The minimum atomic E-state index is -4.03. The second-order valence-corrected chi connectivity index (χ2v) is 5.49. The van der Waals surface area contributed by atoms with Gasteiger partial charge in [0.25, 0.3) is 0 Å². The van der Waals surface area contributed by atoms with Crippen molar-refractivity contribution in [3.05, 3.63) is 0 Å². The third-order valence-corrected chi connectivity index (χ3v) is 4.13. The van der Waals surface area contributed by atoms with Crippen molar-refractivity contribution in [2.45, 2.75) is 50.8 Å². The van der Waals surface area contributed by atoms with Gasteiger partial charge >= 0.3 is 6.18 Å². The van der Waals surface area contributed by atoms with Crippen molar-refractivity contribution < 1.29 is 17.9 Å². The van der Waals surface area contributed by atoms with Gasteiger partial charge in [-0.15, -0.1) is 0 Å². The fraction of sp³-hybridized carbons (Fsp3) is 1.00. The van der Waals surface area contributed by atoms with Gasteiger partial charge in [0.15, 0.2) is 0 Å². The van der Waals surface area contributed by atoms with E-state index in [0.29, 0.717) is 32.4 Å². The van der Waals surface area contributed by atoms with Gasteiger partial charge in [-0.1, -0.05) is 12.8 Å². The van der Waals surface area contributed by atoms with Crippen LogP contribution in [0.25, 0.3) is 0 Å². The Hall–Kier alpha value is -0.290. The number of ether oxygens (including phenoxy) is 1. The van der Waals surface area contributed by atoms with E-state index >= 15 is 0 Å². The van der Waals surface area contributed by atoms with Gasteiger partial charge in [0.1, 0.15) is 0 Å². The van der Waals surface area contributed by atoms with Crippen LogP contribution in [0.15, 0.2) is 0 Å². The molecule has 1 N–H and O–H groups in total. The lowest BCUT2D eigenvalue weighted by atomic mass is 9.78. The molecular weight excluding hydrogens is 243 g/mol. The van der Waals surface area contributed by atoms with Crippen LogP contribution in [-0.4, -0.2) is 32.0 Å². The molecule has 1 saturated carbocycles. The Morgan fingerprint density at radius 3 is 2.44 bits per heavy atom. The third-order valence-electron chi connectivity index (χ3n) is 4.13. The fourth-order valence-electron chi connectivity index (χ4n) is 3.12. The molecule has 0 radical (unpaired) electrons. The van der Waals surface area contributed by atoms with E-state index in [9.17, 15) is 13.2 Å². The second kappa shape index (κ2) is 6.24. The Labute approximate surface area is 106 Å². The van der Waals surface area contributed by atoms with Crippen LogP contribution in [0.5, 0.6) is 0 Å². The zero-order chi connectivity index (χ0) is 13.0. The Morgan fingerprint density at radius 1 is 1.00 bits per heavy atom. The molecule has 106 valence electrons. The molecule has 18 heavy (non-hydrogen) atoms. The molecule has 2 aliphatic rings. The van der Waals surface area contributed by atoms with E-state index in [1.807, 2.05) is 0 Å². The maximum atomic E-state index is 12.9. The van der Waals surface area contributed by atoms with E-state index in [0.717, 1.165) is 25.9 Å². The molecule has 1 aliphatic heterocycles. The highest BCUT2D eigenvalue weighted by Gasteiger charge is 2.45. The number of hydrogen-bond donors (Lipinski definition) is 1. The van der Waals surface area contributed by atoms with Crippen LogP contribution in [-0.2, 0) is 4.74 Å². The van der Waals surface area contributed by atoms with Crippen molar-refractivity contribution in [1.82, 2.24) is 5.32 Å². The maximum absolute atomic E-state index is 12.9. The van der Waals surface area contributed by atoms with E-state index in [1.54, 1.807) is 0 Å². The van der Waals surface area contributed by atoms with Crippen LogP contribution in [0, 0.1) is 11.8 Å². The highest BCUT2D eigenvalue weighted by molar-refractivity contribution is 4.82. The molecule has 0 bridgehead atoms. The Morgan fingerprint density at radius 2 is 1.78 bits per heavy atom. The first-order chi connectivity index (χ1) is 8.57. The number of alkyl halides is 3. The molecule has 2 fully saturated rings. The van der Waals surface area contributed by atoms with Crippen molar-refractivity contribution in [3.8, 4) is 0 Å². The Balaban J connectivity index is 1.75. The molecule has 1 saturated heterocycles. The van der Waals surface area contributed by atoms with Gasteiger partial charge in [-0.3, -0.25) is 0 Å². The van der Waals surface area contributed by atoms with Crippen molar-refractivity contribution >= 4 is 0 Å². The highest BCUT2D eigenvalue weighted by Crippen LogP contribution is 2.41. The van der Waals surface area contributed by atoms with Crippen LogP contribution in [0.1, 0.15) is 38.5 Å². The maximum Gasteiger partial charge on any atom is 0.392 e. The van der Waals surface area contributed by atoms with Crippen LogP contribution in [0.3, 0.4) is 0 Å². The molecule has 2 nitrogen and oxygen atoms in total. The Bertz CT molecular complexity index is 251. The summed E-state index contributed by atoms with van der Waals surface area (Å²) in [5.74, 6) is -1.36. The van der Waals surface area contributed by atoms with E-state index in [4.69, 9.17) is 4.74 Å². The average molecular weight is 265 g/mol. The summed E-state index contributed by atoms with van der Waals surface area (Å²) in [6, 6.07) is 0. The first-order valence-electron chi connectivity index (χ1n) is 6.96. The lowest BCUT2D eigenvalue weighted by molar-refractivity contribution is -0.195. The number of nitrogens with one attached hydrogen (secondary N) is 1. The van der Waals surface area contributed by atoms with Crippen molar-refractivity contribution in [3.63, 3.8) is 0 Å². The molecule has 2 rings (SSSR count).